The van der Waals surface area contributed by atoms with E-state index in [1.54, 1.807) is 0 Å². The predicted molar refractivity (Wildman–Crippen MR) is 66.3 cm³/mol. The second-order valence-corrected chi connectivity index (χ2v) is 3.94. The fraction of sp³-hybridized carbons (Fsp3) is 0.417. The van der Waals surface area contributed by atoms with Crippen LogP contribution in [0.3, 0.4) is 0 Å². The number of halogens is 2. The predicted octanol–water partition coefficient (Wildman–Crippen LogP) is 2.21. The van der Waals surface area contributed by atoms with Gasteiger partial charge in [-0.25, -0.2) is 13.6 Å². The molecule has 0 heterocycles. The molecule has 0 aliphatic heterocycles. The zero-order chi connectivity index (χ0) is 13.5. The molecule has 0 bridgehead atoms. The third kappa shape index (κ3) is 4.29. The summed E-state index contributed by atoms with van der Waals surface area (Å²) in [4.78, 5) is 11.6. The second kappa shape index (κ2) is 6.90. The van der Waals surface area contributed by atoms with E-state index in [0.29, 0.717) is 12.6 Å². The maximum atomic E-state index is 13.3. The largest absolute Gasteiger partial charge is 0.334 e. The van der Waals surface area contributed by atoms with Gasteiger partial charge in [-0.1, -0.05) is 13.3 Å². The Labute approximate surface area is 105 Å². The van der Waals surface area contributed by atoms with E-state index in [0.717, 1.165) is 18.9 Å². The van der Waals surface area contributed by atoms with E-state index in [-0.39, 0.29) is 11.7 Å². The number of anilines is 1. The Hall–Kier alpha value is -1.69. The minimum Gasteiger partial charge on any atom is -0.334 e. The molecule has 6 heteroatoms. The van der Waals surface area contributed by atoms with Crippen LogP contribution in [0, 0.1) is 11.6 Å². The molecule has 0 saturated carbocycles. The molecule has 2 amide bonds. The van der Waals surface area contributed by atoms with E-state index in [2.05, 4.69) is 10.6 Å². The summed E-state index contributed by atoms with van der Waals surface area (Å²) in [5, 5.41) is 4.94. The first kappa shape index (κ1) is 14.4. The highest BCUT2D eigenvalue weighted by Crippen LogP contribution is 2.14. The first-order valence-electron chi connectivity index (χ1n) is 5.79. The molecule has 0 fully saturated rings. The van der Waals surface area contributed by atoms with Crippen molar-refractivity contribution in [3.8, 4) is 0 Å². The van der Waals surface area contributed by atoms with Gasteiger partial charge >= 0.3 is 6.03 Å². The lowest BCUT2D eigenvalue weighted by Crippen LogP contribution is -2.42. The number of urea groups is 1. The third-order valence-electron chi connectivity index (χ3n) is 2.44. The molecule has 18 heavy (non-hydrogen) atoms. The van der Waals surface area contributed by atoms with Gasteiger partial charge in [-0.05, 0) is 18.6 Å². The van der Waals surface area contributed by atoms with Gasteiger partial charge in [-0.3, -0.25) is 0 Å². The van der Waals surface area contributed by atoms with Crippen molar-refractivity contribution in [1.82, 2.24) is 5.32 Å². The molecule has 1 atom stereocenters. The molecule has 0 saturated heterocycles. The monoisotopic (exact) mass is 257 g/mol. The van der Waals surface area contributed by atoms with Crippen molar-refractivity contribution in [1.29, 1.82) is 0 Å². The van der Waals surface area contributed by atoms with E-state index in [1.165, 1.54) is 6.07 Å². The molecule has 0 aromatic heterocycles. The molecule has 4 nitrogen and oxygen atoms in total. The highest BCUT2D eigenvalue weighted by atomic mass is 19.1. The number of hydrogen-bond donors (Lipinski definition) is 3. The van der Waals surface area contributed by atoms with Crippen molar-refractivity contribution in [2.75, 3.05) is 11.9 Å². The Bertz CT molecular complexity index is 412. The van der Waals surface area contributed by atoms with Crippen molar-refractivity contribution < 1.29 is 13.6 Å². The molecule has 4 N–H and O–H groups in total. The maximum Gasteiger partial charge on any atom is 0.319 e. The zero-order valence-electron chi connectivity index (χ0n) is 10.2. The van der Waals surface area contributed by atoms with Crippen LogP contribution in [0.4, 0.5) is 19.3 Å². The van der Waals surface area contributed by atoms with Gasteiger partial charge < -0.3 is 16.4 Å². The summed E-state index contributed by atoms with van der Waals surface area (Å²) < 4.78 is 25.9. The first-order chi connectivity index (χ1) is 8.56. The summed E-state index contributed by atoms with van der Waals surface area (Å²) in [5.41, 5.74) is 5.42. The van der Waals surface area contributed by atoms with Gasteiger partial charge in [-0.15, -0.1) is 0 Å². The van der Waals surface area contributed by atoms with Crippen LogP contribution in [0.15, 0.2) is 18.2 Å². The average Bonchev–Trinajstić information content (AvgIpc) is 2.32. The molecule has 0 spiro atoms. The van der Waals surface area contributed by atoms with Crippen LogP contribution >= 0.6 is 0 Å². The van der Waals surface area contributed by atoms with Crippen LogP contribution in [-0.2, 0) is 0 Å². The molecule has 0 aliphatic carbocycles. The van der Waals surface area contributed by atoms with Gasteiger partial charge in [0, 0.05) is 18.7 Å². The van der Waals surface area contributed by atoms with Gasteiger partial charge in [0.15, 0.2) is 0 Å². The summed E-state index contributed by atoms with van der Waals surface area (Å²) in [6.07, 6.45) is 1.63. The fourth-order valence-electron chi connectivity index (χ4n) is 1.53. The van der Waals surface area contributed by atoms with Crippen LogP contribution in [0.2, 0.25) is 0 Å². The number of carbonyl (C=O) groups excluding carboxylic acids is 1. The highest BCUT2D eigenvalue weighted by molar-refractivity contribution is 5.89. The first-order valence-corrected chi connectivity index (χ1v) is 5.79. The molecule has 100 valence electrons. The minimum absolute atomic E-state index is 0.0684. The SMILES string of the molecule is CCCC(CN)NC(=O)Nc1ccc(F)cc1F. The lowest BCUT2D eigenvalue weighted by molar-refractivity contribution is 0.248. The smallest absolute Gasteiger partial charge is 0.319 e. The van der Waals surface area contributed by atoms with E-state index < -0.39 is 17.7 Å². The second-order valence-electron chi connectivity index (χ2n) is 3.94. The molecule has 1 unspecified atom stereocenters. The van der Waals surface area contributed by atoms with E-state index in [4.69, 9.17) is 5.73 Å². The summed E-state index contributed by atoms with van der Waals surface area (Å²) in [5.74, 6) is -1.51. The number of benzene rings is 1. The molecule has 1 rings (SSSR count). The van der Waals surface area contributed by atoms with Crippen molar-refractivity contribution in [2.45, 2.75) is 25.8 Å². The molecule has 0 aliphatic rings. The minimum atomic E-state index is -0.815. The van der Waals surface area contributed by atoms with Gasteiger partial charge in [-0.2, -0.15) is 0 Å². The Morgan fingerprint density at radius 3 is 2.72 bits per heavy atom. The Morgan fingerprint density at radius 1 is 1.44 bits per heavy atom. The van der Waals surface area contributed by atoms with E-state index >= 15 is 0 Å². The molecule has 1 aromatic carbocycles. The Morgan fingerprint density at radius 2 is 2.17 bits per heavy atom. The summed E-state index contributed by atoms with van der Waals surface area (Å²) in [7, 11) is 0. The van der Waals surface area contributed by atoms with Crippen molar-refractivity contribution >= 4 is 11.7 Å². The Kier molecular flexibility index (Phi) is 5.51. The van der Waals surface area contributed by atoms with Crippen LogP contribution in [0.1, 0.15) is 19.8 Å². The number of nitrogens with one attached hydrogen (secondary N) is 2. The van der Waals surface area contributed by atoms with Crippen LogP contribution in [0.5, 0.6) is 0 Å². The standard InChI is InChI=1S/C12H17F2N3O/c1-2-3-9(7-15)16-12(18)17-11-5-4-8(13)6-10(11)14/h4-6,9H,2-3,7,15H2,1H3,(H2,16,17,18). The van der Waals surface area contributed by atoms with E-state index in [1.807, 2.05) is 6.92 Å². The van der Waals surface area contributed by atoms with Crippen LogP contribution < -0.4 is 16.4 Å². The number of hydrogen-bond acceptors (Lipinski definition) is 2. The molecular weight excluding hydrogens is 240 g/mol. The Balaban J connectivity index is 2.58. The lowest BCUT2D eigenvalue weighted by atomic mass is 10.2. The van der Waals surface area contributed by atoms with Crippen molar-refractivity contribution in [3.05, 3.63) is 29.8 Å². The quantitative estimate of drug-likeness (QED) is 0.757. The van der Waals surface area contributed by atoms with Gasteiger partial charge in [0.05, 0.1) is 5.69 Å². The summed E-state index contributed by atoms with van der Waals surface area (Å²) in [6.45, 7) is 2.29. The van der Waals surface area contributed by atoms with Gasteiger partial charge in [0.2, 0.25) is 0 Å². The molecule has 0 radical (unpaired) electrons. The normalized spacial score (nSPS) is 12.0. The van der Waals surface area contributed by atoms with E-state index in [9.17, 15) is 13.6 Å². The number of amides is 2. The van der Waals surface area contributed by atoms with Crippen molar-refractivity contribution in [3.63, 3.8) is 0 Å². The van der Waals surface area contributed by atoms with Crippen LogP contribution in [0.25, 0.3) is 0 Å². The highest BCUT2D eigenvalue weighted by Gasteiger charge is 2.11. The number of rotatable bonds is 5. The molecule has 1 aromatic rings. The fourth-order valence-corrected chi connectivity index (χ4v) is 1.53. The maximum absolute atomic E-state index is 13.3. The van der Waals surface area contributed by atoms with Gasteiger partial charge in [0.25, 0.3) is 0 Å². The topological polar surface area (TPSA) is 67.1 Å². The number of nitrogens with two attached hydrogens (primary N) is 1. The third-order valence-corrected chi connectivity index (χ3v) is 2.44. The van der Waals surface area contributed by atoms with Crippen molar-refractivity contribution in [2.24, 2.45) is 5.73 Å². The van der Waals surface area contributed by atoms with Crippen LogP contribution in [-0.4, -0.2) is 18.6 Å². The van der Waals surface area contributed by atoms with Gasteiger partial charge in [0.1, 0.15) is 11.6 Å². The zero-order valence-corrected chi connectivity index (χ0v) is 10.2. The average molecular weight is 257 g/mol. The molecular formula is C12H17F2N3O. The summed E-state index contributed by atoms with van der Waals surface area (Å²) in [6, 6.07) is 2.25. The summed E-state index contributed by atoms with van der Waals surface area (Å²) >= 11 is 0. The lowest BCUT2D eigenvalue weighted by Gasteiger charge is -2.16. The number of carbonyl (C=O) groups is 1.